The van der Waals surface area contributed by atoms with Crippen LogP contribution >= 0.6 is 11.6 Å². The largest absolute Gasteiger partial charge is 0.494 e. The second-order valence-electron chi connectivity index (χ2n) is 4.86. The van der Waals surface area contributed by atoms with Crippen LogP contribution in [0.4, 0.5) is 5.69 Å². The number of hydrogen-bond donors (Lipinski definition) is 1. The zero-order chi connectivity index (χ0) is 16.5. The number of nitrogens with one attached hydrogen (secondary N) is 1. The predicted molar refractivity (Wildman–Crippen MR) is 88.4 cm³/mol. The summed E-state index contributed by atoms with van der Waals surface area (Å²) in [6.45, 7) is 0.505. The molecular formula is C17H16ClN3O2. The second kappa shape index (κ2) is 8.76. The van der Waals surface area contributed by atoms with E-state index in [0.29, 0.717) is 41.6 Å². The number of rotatable bonds is 7. The van der Waals surface area contributed by atoms with Gasteiger partial charge in [-0.25, -0.2) is 4.98 Å². The Kier molecular flexibility index (Phi) is 6.40. The first-order chi connectivity index (χ1) is 11.2. The predicted octanol–water partition coefficient (Wildman–Crippen LogP) is 3.79. The Bertz CT molecular complexity index is 696. The van der Waals surface area contributed by atoms with E-state index in [9.17, 15) is 4.79 Å². The van der Waals surface area contributed by atoms with E-state index in [0.717, 1.165) is 6.42 Å². The smallest absolute Gasteiger partial charge is 0.224 e. The molecule has 2 aromatic rings. The van der Waals surface area contributed by atoms with Gasteiger partial charge in [-0.1, -0.05) is 17.7 Å². The normalized spacial score (nSPS) is 9.91. The zero-order valence-corrected chi connectivity index (χ0v) is 13.2. The van der Waals surface area contributed by atoms with Crippen molar-refractivity contribution in [1.82, 2.24) is 4.98 Å². The molecule has 1 aromatic carbocycles. The number of pyridine rings is 1. The fourth-order valence-corrected chi connectivity index (χ4v) is 2.02. The average molecular weight is 330 g/mol. The van der Waals surface area contributed by atoms with Crippen LogP contribution in [0.25, 0.3) is 0 Å². The van der Waals surface area contributed by atoms with E-state index in [1.165, 1.54) is 6.20 Å². The van der Waals surface area contributed by atoms with Gasteiger partial charge in [0.25, 0.3) is 0 Å². The highest BCUT2D eigenvalue weighted by Crippen LogP contribution is 2.13. The van der Waals surface area contributed by atoms with E-state index < -0.39 is 0 Å². The lowest BCUT2D eigenvalue weighted by atomic mass is 10.2. The zero-order valence-electron chi connectivity index (χ0n) is 12.5. The number of nitrogens with zero attached hydrogens (tertiary/aromatic N) is 2. The lowest BCUT2D eigenvalue weighted by molar-refractivity contribution is -0.116. The van der Waals surface area contributed by atoms with E-state index in [-0.39, 0.29) is 5.91 Å². The molecule has 0 spiro atoms. The van der Waals surface area contributed by atoms with Gasteiger partial charge in [0, 0.05) is 6.42 Å². The summed E-state index contributed by atoms with van der Waals surface area (Å²) < 4.78 is 5.55. The van der Waals surface area contributed by atoms with Gasteiger partial charge < -0.3 is 10.1 Å². The van der Waals surface area contributed by atoms with E-state index in [2.05, 4.69) is 16.4 Å². The van der Waals surface area contributed by atoms with Crippen molar-refractivity contribution in [2.75, 3.05) is 11.9 Å². The standard InChI is InChI=1S/C17H16ClN3O2/c18-16-8-7-14(12-20-16)21-17(22)6-1-2-9-23-15-5-3-4-13(10-15)11-19/h3-5,7-8,10,12H,1-2,6,9H2,(H,21,22). The number of anilines is 1. The summed E-state index contributed by atoms with van der Waals surface area (Å²) in [6, 6.07) is 12.4. The number of halogens is 1. The highest BCUT2D eigenvalue weighted by atomic mass is 35.5. The molecule has 0 saturated carbocycles. The lowest BCUT2D eigenvalue weighted by Crippen LogP contribution is -2.11. The molecule has 0 aliphatic rings. The number of carbonyl (C=O) groups excluding carboxylic acids is 1. The summed E-state index contributed by atoms with van der Waals surface area (Å²) in [5, 5.41) is 12.0. The van der Waals surface area contributed by atoms with Crippen LogP contribution in [-0.2, 0) is 4.79 Å². The molecule has 23 heavy (non-hydrogen) atoms. The third-order valence-electron chi connectivity index (χ3n) is 3.04. The van der Waals surface area contributed by atoms with Gasteiger partial charge in [0.15, 0.2) is 0 Å². The van der Waals surface area contributed by atoms with Crippen molar-refractivity contribution >= 4 is 23.2 Å². The molecule has 2 rings (SSSR count). The molecule has 0 aliphatic heterocycles. The summed E-state index contributed by atoms with van der Waals surface area (Å²) in [5.74, 6) is 0.598. The lowest BCUT2D eigenvalue weighted by Gasteiger charge is -2.07. The molecule has 118 valence electrons. The summed E-state index contributed by atoms with van der Waals surface area (Å²) >= 11 is 5.68. The third kappa shape index (κ3) is 5.97. The Hall–Kier alpha value is -2.58. The molecule has 1 aromatic heterocycles. The molecule has 0 unspecified atom stereocenters. The van der Waals surface area contributed by atoms with Crippen LogP contribution in [0.1, 0.15) is 24.8 Å². The number of amides is 1. The summed E-state index contributed by atoms with van der Waals surface area (Å²) in [7, 11) is 0. The van der Waals surface area contributed by atoms with Crippen LogP contribution in [0.2, 0.25) is 5.15 Å². The Balaban J connectivity index is 1.64. The molecular weight excluding hydrogens is 314 g/mol. The Morgan fingerprint density at radius 1 is 1.30 bits per heavy atom. The van der Waals surface area contributed by atoms with Crippen molar-refractivity contribution in [3.05, 3.63) is 53.3 Å². The highest BCUT2D eigenvalue weighted by Gasteiger charge is 2.03. The third-order valence-corrected chi connectivity index (χ3v) is 3.26. The molecule has 0 atom stereocenters. The van der Waals surface area contributed by atoms with Gasteiger partial charge in [-0.05, 0) is 43.2 Å². The molecule has 0 bridgehead atoms. The van der Waals surface area contributed by atoms with Crippen LogP contribution in [-0.4, -0.2) is 17.5 Å². The van der Waals surface area contributed by atoms with E-state index in [1.807, 2.05) is 0 Å². The van der Waals surface area contributed by atoms with Gasteiger partial charge in [-0.2, -0.15) is 5.26 Å². The number of carbonyl (C=O) groups is 1. The molecule has 1 N–H and O–H groups in total. The first-order valence-electron chi connectivity index (χ1n) is 7.22. The molecule has 0 radical (unpaired) electrons. The van der Waals surface area contributed by atoms with Crippen molar-refractivity contribution in [3.63, 3.8) is 0 Å². The maximum atomic E-state index is 11.8. The SMILES string of the molecule is N#Cc1cccc(OCCCCC(=O)Nc2ccc(Cl)nc2)c1. The molecule has 0 aliphatic carbocycles. The maximum Gasteiger partial charge on any atom is 0.224 e. The Morgan fingerprint density at radius 2 is 2.17 bits per heavy atom. The van der Waals surface area contributed by atoms with Gasteiger partial charge >= 0.3 is 0 Å². The van der Waals surface area contributed by atoms with Crippen molar-refractivity contribution in [1.29, 1.82) is 5.26 Å². The topological polar surface area (TPSA) is 75.0 Å². The number of benzene rings is 1. The summed E-state index contributed by atoms with van der Waals surface area (Å²) in [4.78, 5) is 15.7. The van der Waals surface area contributed by atoms with Crippen molar-refractivity contribution in [3.8, 4) is 11.8 Å². The molecule has 1 amide bonds. The van der Waals surface area contributed by atoms with Crippen LogP contribution in [0.3, 0.4) is 0 Å². The van der Waals surface area contributed by atoms with Gasteiger partial charge in [-0.3, -0.25) is 4.79 Å². The number of unbranched alkanes of at least 4 members (excludes halogenated alkanes) is 1. The number of hydrogen-bond acceptors (Lipinski definition) is 4. The highest BCUT2D eigenvalue weighted by molar-refractivity contribution is 6.29. The van der Waals surface area contributed by atoms with E-state index >= 15 is 0 Å². The number of aromatic nitrogens is 1. The molecule has 6 heteroatoms. The van der Waals surface area contributed by atoms with Crippen LogP contribution in [0, 0.1) is 11.3 Å². The van der Waals surface area contributed by atoms with Gasteiger partial charge in [0.05, 0.1) is 30.1 Å². The minimum Gasteiger partial charge on any atom is -0.494 e. The molecule has 5 nitrogen and oxygen atoms in total. The van der Waals surface area contributed by atoms with Crippen LogP contribution in [0.5, 0.6) is 5.75 Å². The minimum absolute atomic E-state index is 0.0689. The average Bonchev–Trinajstić information content (AvgIpc) is 2.57. The monoisotopic (exact) mass is 329 g/mol. The molecule has 0 saturated heterocycles. The van der Waals surface area contributed by atoms with Crippen LogP contribution in [0.15, 0.2) is 42.6 Å². The molecule has 1 heterocycles. The Labute approximate surface area is 139 Å². The molecule has 0 fully saturated rings. The van der Waals surface area contributed by atoms with E-state index in [1.54, 1.807) is 36.4 Å². The number of nitriles is 1. The quantitative estimate of drug-likeness (QED) is 0.619. The fourth-order valence-electron chi connectivity index (χ4n) is 1.91. The van der Waals surface area contributed by atoms with Crippen molar-refractivity contribution in [2.45, 2.75) is 19.3 Å². The Morgan fingerprint density at radius 3 is 2.91 bits per heavy atom. The van der Waals surface area contributed by atoms with Crippen molar-refractivity contribution in [2.24, 2.45) is 0 Å². The van der Waals surface area contributed by atoms with Gasteiger partial charge in [0.2, 0.25) is 5.91 Å². The fraction of sp³-hybridized carbons (Fsp3) is 0.235. The first-order valence-corrected chi connectivity index (χ1v) is 7.59. The minimum atomic E-state index is -0.0689. The van der Waals surface area contributed by atoms with Gasteiger partial charge in [-0.15, -0.1) is 0 Å². The van der Waals surface area contributed by atoms with E-state index in [4.69, 9.17) is 21.6 Å². The van der Waals surface area contributed by atoms with Crippen molar-refractivity contribution < 1.29 is 9.53 Å². The second-order valence-corrected chi connectivity index (χ2v) is 5.25. The summed E-state index contributed by atoms with van der Waals surface area (Å²) in [5.41, 5.74) is 1.20. The summed E-state index contributed by atoms with van der Waals surface area (Å²) in [6.07, 6.45) is 3.39. The van der Waals surface area contributed by atoms with Gasteiger partial charge in [0.1, 0.15) is 10.9 Å². The maximum absolute atomic E-state index is 11.8. The first kappa shape index (κ1) is 16.8. The van der Waals surface area contributed by atoms with Crippen LogP contribution < -0.4 is 10.1 Å². The number of ether oxygens (including phenoxy) is 1.